The van der Waals surface area contributed by atoms with Crippen LogP contribution in [0.3, 0.4) is 0 Å². The molecule has 0 unspecified atom stereocenters. The summed E-state index contributed by atoms with van der Waals surface area (Å²) in [4.78, 5) is 15.8. The van der Waals surface area contributed by atoms with Gasteiger partial charge in [0.15, 0.2) is 0 Å². The van der Waals surface area contributed by atoms with E-state index in [2.05, 4.69) is 16.3 Å². The topological polar surface area (TPSA) is 29.5 Å². The SMILES string of the molecule is COC(=O)[C@@H](c1ccccc1Cl)N1CCc2ccsc2C1. The van der Waals surface area contributed by atoms with Crippen LogP contribution in [0.25, 0.3) is 0 Å². The van der Waals surface area contributed by atoms with Gasteiger partial charge in [-0.3, -0.25) is 4.90 Å². The van der Waals surface area contributed by atoms with Crippen LogP contribution < -0.4 is 0 Å². The summed E-state index contributed by atoms with van der Waals surface area (Å²) in [5.41, 5.74) is 2.20. The molecule has 21 heavy (non-hydrogen) atoms. The van der Waals surface area contributed by atoms with E-state index in [1.165, 1.54) is 17.6 Å². The number of hydrogen-bond acceptors (Lipinski definition) is 4. The summed E-state index contributed by atoms with van der Waals surface area (Å²) in [7, 11) is 1.42. The van der Waals surface area contributed by atoms with Gasteiger partial charge in [-0.2, -0.15) is 0 Å². The number of esters is 1. The van der Waals surface area contributed by atoms with E-state index in [1.54, 1.807) is 11.3 Å². The smallest absolute Gasteiger partial charge is 0.327 e. The highest BCUT2D eigenvalue weighted by Crippen LogP contribution is 2.34. The second kappa shape index (κ2) is 6.18. The molecular weight excluding hydrogens is 306 g/mol. The van der Waals surface area contributed by atoms with Crippen LogP contribution >= 0.6 is 22.9 Å². The molecule has 1 aliphatic rings. The summed E-state index contributed by atoms with van der Waals surface area (Å²) in [6.07, 6.45) is 0.955. The third-order valence-electron chi connectivity index (χ3n) is 3.84. The molecule has 0 aliphatic carbocycles. The van der Waals surface area contributed by atoms with Gasteiger partial charge in [0.05, 0.1) is 7.11 Å². The lowest BCUT2D eigenvalue weighted by molar-refractivity contribution is -0.147. The molecule has 0 saturated carbocycles. The van der Waals surface area contributed by atoms with Gasteiger partial charge in [0.25, 0.3) is 0 Å². The van der Waals surface area contributed by atoms with Gasteiger partial charge in [0.2, 0.25) is 0 Å². The monoisotopic (exact) mass is 321 g/mol. The average molecular weight is 322 g/mol. The van der Waals surface area contributed by atoms with Gasteiger partial charge in [0, 0.05) is 23.0 Å². The molecule has 0 spiro atoms. The van der Waals surface area contributed by atoms with E-state index in [0.29, 0.717) is 5.02 Å². The number of carbonyl (C=O) groups is 1. The number of thiophene rings is 1. The first-order chi connectivity index (χ1) is 10.2. The van der Waals surface area contributed by atoms with Crippen LogP contribution in [0, 0.1) is 0 Å². The van der Waals surface area contributed by atoms with Crippen molar-refractivity contribution in [2.45, 2.75) is 19.0 Å². The Hall–Kier alpha value is -1.36. The van der Waals surface area contributed by atoms with Crippen molar-refractivity contribution in [2.24, 2.45) is 0 Å². The molecule has 2 heterocycles. The maximum Gasteiger partial charge on any atom is 0.327 e. The Morgan fingerprint density at radius 3 is 2.95 bits per heavy atom. The molecule has 1 atom stereocenters. The highest BCUT2D eigenvalue weighted by molar-refractivity contribution is 7.10. The number of ether oxygens (including phenoxy) is 1. The summed E-state index contributed by atoms with van der Waals surface area (Å²) in [6.45, 7) is 1.59. The standard InChI is InChI=1S/C16H16ClNO2S/c1-20-16(19)15(12-4-2-3-5-13(12)17)18-8-6-11-7-9-21-14(11)10-18/h2-5,7,9,15H,6,8,10H2,1H3/t15-/m1/s1. The van der Waals surface area contributed by atoms with E-state index in [0.717, 1.165) is 25.1 Å². The Morgan fingerprint density at radius 2 is 2.19 bits per heavy atom. The molecule has 0 radical (unpaired) electrons. The van der Waals surface area contributed by atoms with Gasteiger partial charge in [-0.15, -0.1) is 11.3 Å². The first kappa shape index (κ1) is 14.6. The minimum absolute atomic E-state index is 0.261. The number of methoxy groups -OCH3 is 1. The Kier molecular flexibility index (Phi) is 4.29. The van der Waals surface area contributed by atoms with Crippen molar-refractivity contribution in [2.75, 3.05) is 13.7 Å². The van der Waals surface area contributed by atoms with Gasteiger partial charge >= 0.3 is 5.97 Å². The number of carbonyl (C=O) groups excluding carboxylic acids is 1. The van der Waals surface area contributed by atoms with Crippen LogP contribution in [-0.4, -0.2) is 24.5 Å². The number of hydrogen-bond donors (Lipinski definition) is 0. The van der Waals surface area contributed by atoms with E-state index >= 15 is 0 Å². The van der Waals surface area contributed by atoms with Crippen molar-refractivity contribution in [3.63, 3.8) is 0 Å². The molecule has 1 aromatic heterocycles. The van der Waals surface area contributed by atoms with E-state index in [-0.39, 0.29) is 5.97 Å². The van der Waals surface area contributed by atoms with E-state index in [4.69, 9.17) is 16.3 Å². The van der Waals surface area contributed by atoms with Crippen molar-refractivity contribution < 1.29 is 9.53 Å². The Bertz CT molecular complexity index is 655. The lowest BCUT2D eigenvalue weighted by Gasteiger charge is -2.33. The van der Waals surface area contributed by atoms with Crippen LogP contribution in [0.4, 0.5) is 0 Å². The summed E-state index contributed by atoms with van der Waals surface area (Å²) < 4.78 is 5.01. The molecule has 3 nitrogen and oxygen atoms in total. The number of benzene rings is 1. The molecule has 1 aromatic carbocycles. The molecule has 2 aromatic rings. The van der Waals surface area contributed by atoms with Crippen LogP contribution in [0.15, 0.2) is 35.7 Å². The number of fused-ring (bicyclic) bond motifs is 1. The lowest BCUT2D eigenvalue weighted by Crippen LogP contribution is -2.38. The molecule has 0 saturated heterocycles. The molecule has 1 aliphatic heterocycles. The molecule has 0 bridgehead atoms. The van der Waals surface area contributed by atoms with Crippen molar-refractivity contribution in [3.8, 4) is 0 Å². The van der Waals surface area contributed by atoms with E-state index < -0.39 is 6.04 Å². The molecule has 3 rings (SSSR count). The third-order valence-corrected chi connectivity index (χ3v) is 5.13. The zero-order chi connectivity index (χ0) is 14.8. The minimum Gasteiger partial charge on any atom is -0.468 e. The van der Waals surface area contributed by atoms with Gasteiger partial charge in [-0.1, -0.05) is 29.8 Å². The van der Waals surface area contributed by atoms with Crippen molar-refractivity contribution in [1.29, 1.82) is 0 Å². The molecule has 0 N–H and O–H groups in total. The van der Waals surface area contributed by atoms with Crippen LogP contribution in [0.1, 0.15) is 22.0 Å². The predicted molar refractivity (Wildman–Crippen MR) is 84.6 cm³/mol. The highest BCUT2D eigenvalue weighted by Gasteiger charge is 2.32. The van der Waals surface area contributed by atoms with Gasteiger partial charge in [-0.25, -0.2) is 4.79 Å². The first-order valence-electron chi connectivity index (χ1n) is 6.82. The van der Waals surface area contributed by atoms with E-state index in [1.807, 2.05) is 24.3 Å². The van der Waals surface area contributed by atoms with Gasteiger partial charge in [0.1, 0.15) is 6.04 Å². The second-order valence-corrected chi connectivity index (χ2v) is 6.44. The molecule has 0 amide bonds. The fourth-order valence-corrected chi connectivity index (χ4v) is 3.96. The fraction of sp³-hybridized carbons (Fsp3) is 0.312. The van der Waals surface area contributed by atoms with Crippen molar-refractivity contribution in [3.05, 3.63) is 56.7 Å². The van der Waals surface area contributed by atoms with Crippen molar-refractivity contribution in [1.82, 2.24) is 4.90 Å². The maximum absolute atomic E-state index is 12.3. The zero-order valence-electron chi connectivity index (χ0n) is 11.7. The second-order valence-electron chi connectivity index (χ2n) is 5.04. The average Bonchev–Trinajstić information content (AvgIpc) is 2.97. The first-order valence-corrected chi connectivity index (χ1v) is 8.08. The third kappa shape index (κ3) is 2.84. The van der Waals surface area contributed by atoms with Crippen LogP contribution in [0.2, 0.25) is 5.02 Å². The largest absolute Gasteiger partial charge is 0.468 e. The number of nitrogens with zero attached hydrogens (tertiary/aromatic N) is 1. The van der Waals surface area contributed by atoms with Crippen molar-refractivity contribution >= 4 is 28.9 Å². The van der Waals surface area contributed by atoms with E-state index in [9.17, 15) is 4.79 Å². The Balaban J connectivity index is 1.94. The minimum atomic E-state index is -0.445. The normalized spacial score (nSPS) is 16.3. The zero-order valence-corrected chi connectivity index (χ0v) is 13.3. The molecule has 110 valence electrons. The quantitative estimate of drug-likeness (QED) is 0.808. The molecule has 0 fully saturated rings. The lowest BCUT2D eigenvalue weighted by atomic mass is 10.0. The summed E-state index contributed by atoms with van der Waals surface area (Å²) >= 11 is 8.02. The van der Waals surface area contributed by atoms with Crippen LogP contribution in [-0.2, 0) is 22.5 Å². The number of rotatable bonds is 3. The van der Waals surface area contributed by atoms with Crippen LogP contribution in [0.5, 0.6) is 0 Å². The van der Waals surface area contributed by atoms with Gasteiger partial charge < -0.3 is 4.74 Å². The number of halogens is 1. The fourth-order valence-electron chi connectivity index (χ4n) is 2.76. The van der Waals surface area contributed by atoms with Gasteiger partial charge in [-0.05, 0) is 35.1 Å². The highest BCUT2D eigenvalue weighted by atomic mass is 35.5. The summed E-state index contributed by atoms with van der Waals surface area (Å²) in [5, 5.41) is 2.71. The summed E-state index contributed by atoms with van der Waals surface area (Å²) in [6, 6.07) is 9.20. The molecule has 5 heteroatoms. The predicted octanol–water partition coefficient (Wildman–Crippen LogP) is 3.67. The molecular formula is C16H16ClNO2S. The Morgan fingerprint density at radius 1 is 1.38 bits per heavy atom. The summed E-state index contributed by atoms with van der Waals surface area (Å²) in [5.74, 6) is -0.261. The Labute approximate surface area is 133 Å². The maximum atomic E-state index is 12.3.